The van der Waals surface area contributed by atoms with Gasteiger partial charge in [0.1, 0.15) is 4.88 Å². The van der Waals surface area contributed by atoms with Gasteiger partial charge in [-0.05, 0) is 12.0 Å². The number of aromatic nitrogens is 2. The minimum absolute atomic E-state index is 0.325. The topological polar surface area (TPSA) is 43.6 Å². The maximum atomic E-state index is 11.5. The summed E-state index contributed by atoms with van der Waals surface area (Å²) >= 11 is 1.33. The van der Waals surface area contributed by atoms with Gasteiger partial charge in [-0.25, -0.2) is 9.78 Å². The largest absolute Gasteiger partial charge is 0.465 e. The Morgan fingerprint density at radius 2 is 2.05 bits per heavy atom. The molecule has 0 fully saturated rings. The zero-order valence-corrected chi connectivity index (χ0v) is 12.1. The summed E-state index contributed by atoms with van der Waals surface area (Å²) in [6.45, 7) is 2.13. The Balaban J connectivity index is 1.96. The summed E-state index contributed by atoms with van der Waals surface area (Å²) in [5.74, 6) is -0.325. The van der Waals surface area contributed by atoms with E-state index in [1.165, 1.54) is 24.0 Å². The zero-order chi connectivity index (χ0) is 14.1. The van der Waals surface area contributed by atoms with E-state index in [4.69, 9.17) is 4.74 Å². The lowest BCUT2D eigenvalue weighted by molar-refractivity contribution is 0.0606. The molecule has 0 aliphatic carbocycles. The lowest BCUT2D eigenvalue weighted by atomic mass is 10.1. The molecular formula is C15H14N2O2S. The number of imidazole rings is 1. The minimum Gasteiger partial charge on any atom is -0.465 e. The highest BCUT2D eigenvalue weighted by atomic mass is 32.1. The third kappa shape index (κ3) is 2.20. The second-order valence-corrected chi connectivity index (χ2v) is 5.46. The number of thiazole rings is 1. The summed E-state index contributed by atoms with van der Waals surface area (Å²) in [6.07, 6.45) is 4.71. The molecule has 1 aromatic carbocycles. The van der Waals surface area contributed by atoms with E-state index in [9.17, 15) is 4.79 Å². The summed E-state index contributed by atoms with van der Waals surface area (Å²) in [6, 6.07) is 8.38. The highest BCUT2D eigenvalue weighted by Gasteiger charge is 2.13. The van der Waals surface area contributed by atoms with Crippen molar-refractivity contribution in [3.8, 4) is 11.3 Å². The van der Waals surface area contributed by atoms with Crippen LogP contribution in [-0.2, 0) is 11.2 Å². The number of methoxy groups -OCH3 is 1. The molecule has 3 aromatic rings. The third-order valence-electron chi connectivity index (χ3n) is 3.20. The third-order valence-corrected chi connectivity index (χ3v) is 4.18. The normalized spacial score (nSPS) is 10.9. The molecule has 0 N–H and O–H groups in total. The van der Waals surface area contributed by atoms with Crippen molar-refractivity contribution in [1.29, 1.82) is 0 Å². The van der Waals surface area contributed by atoms with Gasteiger partial charge in [0, 0.05) is 18.0 Å². The van der Waals surface area contributed by atoms with Gasteiger partial charge in [-0.1, -0.05) is 42.5 Å². The molecule has 0 bridgehead atoms. The average Bonchev–Trinajstić information content (AvgIpc) is 3.05. The van der Waals surface area contributed by atoms with Crippen LogP contribution in [0.25, 0.3) is 16.2 Å². The highest BCUT2D eigenvalue weighted by molar-refractivity contribution is 7.18. The lowest BCUT2D eigenvalue weighted by Gasteiger charge is -1.98. The van der Waals surface area contributed by atoms with E-state index in [2.05, 4.69) is 36.2 Å². The molecule has 2 aromatic heterocycles. The first-order chi connectivity index (χ1) is 9.71. The van der Waals surface area contributed by atoms with Gasteiger partial charge in [0.05, 0.1) is 12.8 Å². The number of rotatable bonds is 3. The fraction of sp³-hybridized carbons (Fsp3) is 0.200. The van der Waals surface area contributed by atoms with Gasteiger partial charge in [0.15, 0.2) is 4.96 Å². The molecule has 0 aliphatic rings. The van der Waals surface area contributed by atoms with Gasteiger partial charge in [-0.15, -0.1) is 0 Å². The number of carbonyl (C=O) groups excluding carboxylic acids is 1. The van der Waals surface area contributed by atoms with Crippen LogP contribution in [-0.4, -0.2) is 22.5 Å². The van der Waals surface area contributed by atoms with Crippen molar-refractivity contribution in [1.82, 2.24) is 9.38 Å². The van der Waals surface area contributed by atoms with Crippen LogP contribution in [0, 0.1) is 0 Å². The quantitative estimate of drug-likeness (QED) is 0.693. The van der Waals surface area contributed by atoms with Crippen LogP contribution < -0.4 is 0 Å². The van der Waals surface area contributed by atoms with Crippen molar-refractivity contribution in [2.75, 3.05) is 7.11 Å². The Hall–Kier alpha value is -2.14. The molecular weight excluding hydrogens is 272 g/mol. The lowest BCUT2D eigenvalue weighted by Crippen LogP contribution is -1.97. The predicted molar refractivity (Wildman–Crippen MR) is 79.2 cm³/mol. The van der Waals surface area contributed by atoms with Crippen molar-refractivity contribution in [3.05, 3.63) is 47.1 Å². The standard InChI is InChI=1S/C15H14N2O2S/c1-3-10-4-6-11(7-5-10)12-8-17-9-13(14(18)19-2)20-15(17)16-12/h4-9H,3H2,1-2H3. The smallest absolute Gasteiger partial charge is 0.349 e. The molecule has 0 amide bonds. The second kappa shape index (κ2) is 5.09. The first-order valence-corrected chi connectivity index (χ1v) is 7.19. The van der Waals surface area contributed by atoms with E-state index in [1.54, 1.807) is 6.20 Å². The SMILES string of the molecule is CCc1ccc(-c2cn3cc(C(=O)OC)sc3n2)cc1. The molecule has 0 spiro atoms. The summed E-state index contributed by atoms with van der Waals surface area (Å²) < 4.78 is 6.57. The van der Waals surface area contributed by atoms with Gasteiger partial charge < -0.3 is 4.74 Å². The van der Waals surface area contributed by atoms with E-state index < -0.39 is 0 Å². The second-order valence-electron chi connectivity index (χ2n) is 4.45. The maximum absolute atomic E-state index is 11.5. The first kappa shape index (κ1) is 12.9. The van der Waals surface area contributed by atoms with E-state index in [0.717, 1.165) is 22.6 Å². The summed E-state index contributed by atoms with van der Waals surface area (Å²) in [4.78, 5) is 17.4. The molecule has 0 aliphatic heterocycles. The average molecular weight is 286 g/mol. The number of ether oxygens (including phenoxy) is 1. The van der Waals surface area contributed by atoms with Gasteiger partial charge in [-0.3, -0.25) is 4.40 Å². The van der Waals surface area contributed by atoms with E-state index in [1.807, 2.05) is 10.6 Å². The van der Waals surface area contributed by atoms with Crippen LogP contribution in [0.3, 0.4) is 0 Å². The Morgan fingerprint density at radius 3 is 2.65 bits per heavy atom. The molecule has 102 valence electrons. The maximum Gasteiger partial charge on any atom is 0.349 e. The zero-order valence-electron chi connectivity index (χ0n) is 11.3. The summed E-state index contributed by atoms with van der Waals surface area (Å²) in [5, 5.41) is 0. The molecule has 3 rings (SSSR count). The number of nitrogens with zero attached hydrogens (tertiary/aromatic N) is 2. The Morgan fingerprint density at radius 1 is 1.30 bits per heavy atom. The number of hydrogen-bond acceptors (Lipinski definition) is 4. The molecule has 5 heteroatoms. The summed E-state index contributed by atoms with van der Waals surface area (Å²) in [5.41, 5.74) is 3.30. The molecule has 0 saturated heterocycles. The first-order valence-electron chi connectivity index (χ1n) is 6.37. The molecule has 20 heavy (non-hydrogen) atoms. The van der Waals surface area contributed by atoms with Crippen LogP contribution in [0.1, 0.15) is 22.2 Å². The summed E-state index contributed by atoms with van der Waals surface area (Å²) in [7, 11) is 1.38. The fourth-order valence-electron chi connectivity index (χ4n) is 2.04. The van der Waals surface area contributed by atoms with Gasteiger partial charge in [0.2, 0.25) is 0 Å². The van der Waals surface area contributed by atoms with E-state index >= 15 is 0 Å². The van der Waals surface area contributed by atoms with Crippen molar-refractivity contribution in [2.45, 2.75) is 13.3 Å². The highest BCUT2D eigenvalue weighted by Crippen LogP contribution is 2.24. The molecule has 0 unspecified atom stereocenters. The number of benzene rings is 1. The van der Waals surface area contributed by atoms with Crippen molar-refractivity contribution < 1.29 is 9.53 Å². The number of hydrogen-bond donors (Lipinski definition) is 0. The van der Waals surface area contributed by atoms with E-state index in [-0.39, 0.29) is 5.97 Å². The van der Waals surface area contributed by atoms with Gasteiger partial charge in [0.25, 0.3) is 0 Å². The minimum atomic E-state index is -0.325. The molecule has 2 heterocycles. The number of fused-ring (bicyclic) bond motifs is 1. The van der Waals surface area contributed by atoms with Crippen molar-refractivity contribution in [2.24, 2.45) is 0 Å². The Labute approximate surface area is 120 Å². The number of esters is 1. The van der Waals surface area contributed by atoms with Crippen LogP contribution in [0.2, 0.25) is 0 Å². The molecule has 4 nitrogen and oxygen atoms in total. The Bertz CT molecular complexity index is 724. The van der Waals surface area contributed by atoms with Crippen LogP contribution in [0.15, 0.2) is 36.7 Å². The predicted octanol–water partition coefficient (Wildman–Crippen LogP) is 3.41. The monoisotopic (exact) mass is 286 g/mol. The molecule has 0 radical (unpaired) electrons. The molecule has 0 saturated carbocycles. The van der Waals surface area contributed by atoms with Crippen LogP contribution in [0.4, 0.5) is 0 Å². The van der Waals surface area contributed by atoms with Crippen molar-refractivity contribution in [3.63, 3.8) is 0 Å². The Kier molecular flexibility index (Phi) is 3.28. The fourth-order valence-corrected chi connectivity index (χ4v) is 2.93. The van der Waals surface area contributed by atoms with Crippen LogP contribution >= 0.6 is 11.3 Å². The number of carbonyl (C=O) groups is 1. The van der Waals surface area contributed by atoms with E-state index in [0.29, 0.717) is 4.88 Å². The van der Waals surface area contributed by atoms with Crippen LogP contribution in [0.5, 0.6) is 0 Å². The van der Waals surface area contributed by atoms with Gasteiger partial charge in [-0.2, -0.15) is 0 Å². The number of aryl methyl sites for hydroxylation is 1. The molecule has 0 atom stereocenters. The van der Waals surface area contributed by atoms with Gasteiger partial charge >= 0.3 is 5.97 Å². The van der Waals surface area contributed by atoms with Crippen molar-refractivity contribution >= 4 is 22.3 Å².